The Morgan fingerprint density at radius 3 is 2.50 bits per heavy atom. The molecular weight excluding hydrogens is 268 g/mol. The first-order valence-electron chi connectivity index (χ1n) is 6.72. The van der Waals surface area contributed by atoms with Crippen LogP contribution in [0.1, 0.15) is 25.7 Å². The molecule has 3 nitrogen and oxygen atoms in total. The van der Waals surface area contributed by atoms with Gasteiger partial charge in [-0.3, -0.25) is 4.79 Å². The lowest BCUT2D eigenvalue weighted by molar-refractivity contribution is 0.0753. The lowest BCUT2D eigenvalue weighted by atomic mass is 10.2. The van der Waals surface area contributed by atoms with Gasteiger partial charge in [0.25, 0.3) is 5.91 Å². The van der Waals surface area contributed by atoms with Crippen LogP contribution in [-0.2, 0) is 6.54 Å². The van der Waals surface area contributed by atoms with Crippen molar-refractivity contribution in [2.24, 2.45) is 5.73 Å². The molecule has 2 aromatic rings. The number of nitrogens with zero attached hydrogens (tertiary/aromatic N) is 1. The summed E-state index contributed by atoms with van der Waals surface area (Å²) in [5.41, 5.74) is 7.94. The molecule has 0 aliphatic carbocycles. The van der Waals surface area contributed by atoms with Crippen LogP contribution in [0, 0.1) is 13.8 Å². The van der Waals surface area contributed by atoms with Crippen molar-refractivity contribution in [2.45, 2.75) is 20.4 Å². The molecule has 0 bridgehead atoms. The summed E-state index contributed by atoms with van der Waals surface area (Å²) >= 11 is 1.56. The molecule has 1 aromatic heterocycles. The van der Waals surface area contributed by atoms with Gasteiger partial charge >= 0.3 is 0 Å². The van der Waals surface area contributed by atoms with Crippen LogP contribution in [0.3, 0.4) is 0 Å². The number of carbonyl (C=O) groups excluding carboxylic acids is 1. The van der Waals surface area contributed by atoms with Gasteiger partial charge in [-0.1, -0.05) is 30.3 Å². The van der Waals surface area contributed by atoms with Gasteiger partial charge in [0, 0.05) is 24.5 Å². The molecule has 1 aromatic carbocycles. The van der Waals surface area contributed by atoms with Crippen LogP contribution in [0.25, 0.3) is 0 Å². The molecule has 0 spiro atoms. The fourth-order valence-electron chi connectivity index (χ4n) is 2.05. The maximum absolute atomic E-state index is 12.6. The predicted molar refractivity (Wildman–Crippen MR) is 84.0 cm³/mol. The average molecular weight is 288 g/mol. The predicted octanol–water partition coefficient (Wildman–Crippen LogP) is 2.97. The Morgan fingerprint density at radius 1 is 1.25 bits per heavy atom. The molecule has 0 fully saturated rings. The van der Waals surface area contributed by atoms with E-state index in [1.165, 1.54) is 10.4 Å². The van der Waals surface area contributed by atoms with E-state index in [-0.39, 0.29) is 5.91 Å². The second kappa shape index (κ2) is 6.68. The van der Waals surface area contributed by atoms with Gasteiger partial charge in [0.15, 0.2) is 0 Å². The Morgan fingerprint density at radius 2 is 1.95 bits per heavy atom. The third-order valence-electron chi connectivity index (χ3n) is 3.28. The number of hydrogen-bond acceptors (Lipinski definition) is 3. The number of benzene rings is 1. The van der Waals surface area contributed by atoms with E-state index in [9.17, 15) is 4.79 Å². The van der Waals surface area contributed by atoms with Crippen molar-refractivity contribution < 1.29 is 4.79 Å². The van der Waals surface area contributed by atoms with Gasteiger partial charge in [-0.05, 0) is 31.0 Å². The summed E-state index contributed by atoms with van der Waals surface area (Å²) in [6.07, 6.45) is 0. The van der Waals surface area contributed by atoms with Crippen molar-refractivity contribution in [3.05, 3.63) is 57.3 Å². The highest BCUT2D eigenvalue weighted by Crippen LogP contribution is 2.22. The summed E-state index contributed by atoms with van der Waals surface area (Å²) in [5, 5.41) is 0. The van der Waals surface area contributed by atoms with Crippen molar-refractivity contribution in [2.75, 3.05) is 13.1 Å². The standard InChI is InChI=1S/C16H20N2OS/c1-12-10-15(20-13(12)2)16(19)18(9-8-17)11-14-6-4-3-5-7-14/h3-7,10H,8-9,11,17H2,1-2H3. The second-order valence-electron chi connectivity index (χ2n) is 4.85. The number of rotatable bonds is 5. The van der Waals surface area contributed by atoms with Crippen LogP contribution in [-0.4, -0.2) is 23.9 Å². The SMILES string of the molecule is Cc1cc(C(=O)N(CCN)Cc2ccccc2)sc1C. The Kier molecular flexibility index (Phi) is 4.93. The number of amides is 1. The molecule has 2 N–H and O–H groups in total. The van der Waals surface area contributed by atoms with E-state index in [2.05, 4.69) is 0 Å². The first kappa shape index (κ1) is 14.8. The second-order valence-corrected chi connectivity index (χ2v) is 6.11. The van der Waals surface area contributed by atoms with Crippen LogP contribution >= 0.6 is 11.3 Å². The van der Waals surface area contributed by atoms with E-state index in [0.717, 1.165) is 10.4 Å². The molecular formula is C16H20N2OS. The van der Waals surface area contributed by atoms with Gasteiger partial charge in [0.05, 0.1) is 4.88 Å². The van der Waals surface area contributed by atoms with Crippen molar-refractivity contribution in [1.29, 1.82) is 0 Å². The van der Waals surface area contributed by atoms with Crippen molar-refractivity contribution in [3.8, 4) is 0 Å². The van der Waals surface area contributed by atoms with E-state index >= 15 is 0 Å². The van der Waals surface area contributed by atoms with E-state index in [4.69, 9.17) is 5.73 Å². The third kappa shape index (κ3) is 3.46. The molecule has 0 atom stereocenters. The van der Waals surface area contributed by atoms with Crippen molar-refractivity contribution in [1.82, 2.24) is 4.90 Å². The van der Waals surface area contributed by atoms with E-state index in [1.807, 2.05) is 55.1 Å². The van der Waals surface area contributed by atoms with Crippen LogP contribution in [0.5, 0.6) is 0 Å². The normalized spacial score (nSPS) is 10.6. The summed E-state index contributed by atoms with van der Waals surface area (Å²) in [6.45, 7) is 5.73. The summed E-state index contributed by atoms with van der Waals surface area (Å²) in [4.78, 5) is 16.4. The molecule has 106 valence electrons. The topological polar surface area (TPSA) is 46.3 Å². The van der Waals surface area contributed by atoms with Crippen LogP contribution < -0.4 is 5.73 Å². The zero-order valence-electron chi connectivity index (χ0n) is 11.9. The highest BCUT2D eigenvalue weighted by Gasteiger charge is 2.18. The molecule has 2 rings (SSSR count). The minimum atomic E-state index is 0.0699. The number of aryl methyl sites for hydroxylation is 2. The van der Waals surface area contributed by atoms with Crippen LogP contribution in [0.15, 0.2) is 36.4 Å². The van der Waals surface area contributed by atoms with Crippen molar-refractivity contribution >= 4 is 17.2 Å². The fraction of sp³-hybridized carbons (Fsp3) is 0.312. The molecule has 20 heavy (non-hydrogen) atoms. The fourth-order valence-corrected chi connectivity index (χ4v) is 3.05. The molecule has 4 heteroatoms. The quantitative estimate of drug-likeness (QED) is 0.919. The van der Waals surface area contributed by atoms with Crippen LogP contribution in [0.2, 0.25) is 0 Å². The smallest absolute Gasteiger partial charge is 0.264 e. The highest BCUT2D eigenvalue weighted by atomic mass is 32.1. The number of nitrogens with two attached hydrogens (primary N) is 1. The van der Waals surface area contributed by atoms with Gasteiger partial charge in [-0.15, -0.1) is 11.3 Å². The molecule has 0 saturated heterocycles. The minimum absolute atomic E-state index is 0.0699. The number of hydrogen-bond donors (Lipinski definition) is 1. The first-order valence-corrected chi connectivity index (χ1v) is 7.53. The van der Waals surface area contributed by atoms with E-state index in [0.29, 0.717) is 19.6 Å². The molecule has 0 radical (unpaired) electrons. The van der Waals surface area contributed by atoms with Crippen molar-refractivity contribution in [3.63, 3.8) is 0 Å². The average Bonchev–Trinajstić information content (AvgIpc) is 2.78. The maximum Gasteiger partial charge on any atom is 0.264 e. The highest BCUT2D eigenvalue weighted by molar-refractivity contribution is 7.14. The lowest BCUT2D eigenvalue weighted by Crippen LogP contribution is -2.34. The summed E-state index contributed by atoms with van der Waals surface area (Å²) in [5.74, 6) is 0.0699. The molecule has 0 unspecified atom stereocenters. The van der Waals surface area contributed by atoms with Gasteiger partial charge in [-0.2, -0.15) is 0 Å². The Hall–Kier alpha value is -1.65. The largest absolute Gasteiger partial charge is 0.332 e. The summed E-state index contributed by atoms with van der Waals surface area (Å²) in [7, 11) is 0. The Balaban J connectivity index is 2.17. The minimum Gasteiger partial charge on any atom is -0.332 e. The summed E-state index contributed by atoms with van der Waals surface area (Å²) in [6, 6.07) is 12.0. The van der Waals surface area contributed by atoms with Gasteiger partial charge < -0.3 is 10.6 Å². The lowest BCUT2D eigenvalue weighted by Gasteiger charge is -2.21. The Bertz CT molecular complexity index is 558. The molecule has 0 saturated carbocycles. The molecule has 1 heterocycles. The maximum atomic E-state index is 12.6. The summed E-state index contributed by atoms with van der Waals surface area (Å²) < 4.78 is 0. The molecule has 0 aliphatic rings. The number of thiophene rings is 1. The zero-order chi connectivity index (χ0) is 14.5. The van der Waals surface area contributed by atoms with Gasteiger partial charge in [-0.25, -0.2) is 0 Å². The Labute approximate surface area is 124 Å². The van der Waals surface area contributed by atoms with Gasteiger partial charge in [0.1, 0.15) is 0 Å². The zero-order valence-corrected chi connectivity index (χ0v) is 12.7. The van der Waals surface area contributed by atoms with E-state index in [1.54, 1.807) is 11.3 Å². The van der Waals surface area contributed by atoms with E-state index < -0.39 is 0 Å². The van der Waals surface area contributed by atoms with Crippen LogP contribution in [0.4, 0.5) is 0 Å². The third-order valence-corrected chi connectivity index (χ3v) is 4.42. The number of carbonyl (C=O) groups is 1. The first-order chi connectivity index (χ1) is 9.61. The monoisotopic (exact) mass is 288 g/mol. The van der Waals surface area contributed by atoms with Gasteiger partial charge in [0.2, 0.25) is 0 Å². The molecule has 0 aliphatic heterocycles. The molecule has 1 amide bonds.